The lowest BCUT2D eigenvalue weighted by Crippen LogP contribution is -2.16. The summed E-state index contributed by atoms with van der Waals surface area (Å²) in [6, 6.07) is 0. The van der Waals surface area contributed by atoms with E-state index in [1.165, 1.54) is 0 Å². The van der Waals surface area contributed by atoms with Crippen molar-refractivity contribution in [1.29, 1.82) is 0 Å². The van der Waals surface area contributed by atoms with Crippen LogP contribution in [0.15, 0.2) is 12.3 Å². The number of halogens is 1. The molecule has 1 heterocycles. The first kappa shape index (κ1) is 4.15. The second kappa shape index (κ2) is 1.62. The van der Waals surface area contributed by atoms with Crippen LogP contribution >= 0.6 is 15.9 Å². The minimum Gasteiger partial charge on any atom is -0.310 e. The van der Waals surface area contributed by atoms with E-state index >= 15 is 0 Å². The molecular formula is C3H4BrN2. The maximum atomic E-state index is 3.79. The van der Waals surface area contributed by atoms with Gasteiger partial charge in [0.25, 0.3) is 0 Å². The van der Waals surface area contributed by atoms with Gasteiger partial charge in [0, 0.05) is 6.20 Å². The van der Waals surface area contributed by atoms with Gasteiger partial charge in [0.15, 0.2) is 0 Å². The van der Waals surface area contributed by atoms with E-state index in [0.29, 0.717) is 0 Å². The lowest BCUT2D eigenvalue weighted by Gasteiger charge is -1.89. The van der Waals surface area contributed by atoms with Crippen LogP contribution in [0.4, 0.5) is 0 Å². The second-order valence-electron chi connectivity index (χ2n) is 0.990. The smallest absolute Gasteiger partial charge is 0.122 e. The Balaban J connectivity index is 2.38. The van der Waals surface area contributed by atoms with Crippen molar-refractivity contribution in [1.82, 2.24) is 10.9 Å². The van der Waals surface area contributed by atoms with Gasteiger partial charge in [-0.2, -0.15) is 0 Å². The van der Waals surface area contributed by atoms with Crippen LogP contribution in [0.3, 0.4) is 0 Å². The van der Waals surface area contributed by atoms with Crippen molar-refractivity contribution in [2.24, 2.45) is 0 Å². The highest BCUT2D eigenvalue weighted by molar-refractivity contribution is 9.09. The molecule has 1 aliphatic heterocycles. The zero-order valence-corrected chi connectivity index (χ0v) is 4.64. The van der Waals surface area contributed by atoms with E-state index in [9.17, 15) is 0 Å². The van der Waals surface area contributed by atoms with E-state index in [0.717, 1.165) is 0 Å². The third-order valence-electron chi connectivity index (χ3n) is 0.527. The average molecular weight is 148 g/mol. The zero-order valence-electron chi connectivity index (χ0n) is 3.06. The molecule has 0 spiro atoms. The second-order valence-corrected chi connectivity index (χ2v) is 1.93. The van der Waals surface area contributed by atoms with Gasteiger partial charge in [-0.05, 0) is 6.08 Å². The lowest BCUT2D eigenvalue weighted by molar-refractivity contribution is 0.688. The van der Waals surface area contributed by atoms with Crippen molar-refractivity contribution in [3.05, 3.63) is 12.3 Å². The van der Waals surface area contributed by atoms with Crippen LogP contribution in [-0.4, -0.2) is 4.95 Å². The summed E-state index contributed by atoms with van der Waals surface area (Å²) >= 11 is 3.22. The van der Waals surface area contributed by atoms with Crippen molar-refractivity contribution in [3.8, 4) is 0 Å². The van der Waals surface area contributed by atoms with Crippen molar-refractivity contribution in [2.45, 2.75) is 4.95 Å². The van der Waals surface area contributed by atoms with Crippen molar-refractivity contribution in [3.63, 3.8) is 0 Å². The molecule has 1 radical (unpaired) electrons. The molecule has 0 aromatic rings. The van der Waals surface area contributed by atoms with Crippen LogP contribution in [0.5, 0.6) is 0 Å². The van der Waals surface area contributed by atoms with Crippen LogP contribution < -0.4 is 10.9 Å². The van der Waals surface area contributed by atoms with Crippen LogP contribution in [0.25, 0.3) is 0 Å². The lowest BCUT2D eigenvalue weighted by atomic mass is 10.7. The van der Waals surface area contributed by atoms with Gasteiger partial charge in [-0.3, -0.25) is 0 Å². The Labute approximate surface area is 44.7 Å². The molecule has 1 N–H and O–H groups in total. The molecule has 1 aliphatic rings. The van der Waals surface area contributed by atoms with E-state index < -0.39 is 0 Å². The first-order valence-corrected chi connectivity index (χ1v) is 2.57. The summed E-state index contributed by atoms with van der Waals surface area (Å²) in [4.78, 5) is 0.192. The topological polar surface area (TPSA) is 26.1 Å². The number of rotatable bonds is 0. The Morgan fingerprint density at radius 3 is 2.83 bits per heavy atom. The molecule has 0 aromatic heterocycles. The van der Waals surface area contributed by atoms with Gasteiger partial charge in [-0.25, -0.2) is 0 Å². The molecule has 1 unspecified atom stereocenters. The van der Waals surface area contributed by atoms with Crippen molar-refractivity contribution < 1.29 is 0 Å². The molecule has 3 heteroatoms. The molecular weight excluding hydrogens is 144 g/mol. The third-order valence-corrected chi connectivity index (χ3v) is 1.04. The fourth-order valence-electron chi connectivity index (χ4n) is 0.280. The first-order valence-electron chi connectivity index (χ1n) is 1.66. The van der Waals surface area contributed by atoms with Crippen molar-refractivity contribution in [2.75, 3.05) is 0 Å². The molecule has 2 nitrogen and oxygen atoms in total. The standard InChI is InChI=1S/C3H4BrN2/c4-3-1-2-5-6-3/h1-3,5H. The highest BCUT2D eigenvalue weighted by atomic mass is 79.9. The fraction of sp³-hybridized carbons (Fsp3) is 0.333. The largest absolute Gasteiger partial charge is 0.310 e. The Hall–Kier alpha value is -0.0200. The van der Waals surface area contributed by atoms with Crippen LogP contribution in [0.2, 0.25) is 0 Å². The number of alkyl halides is 1. The maximum Gasteiger partial charge on any atom is 0.122 e. The number of hydrogen-bond donors (Lipinski definition) is 1. The summed E-state index contributed by atoms with van der Waals surface area (Å²) < 4.78 is 0. The Kier molecular flexibility index (Phi) is 1.12. The number of hydrogen-bond acceptors (Lipinski definition) is 1. The number of nitrogens with one attached hydrogen (secondary N) is 1. The van der Waals surface area contributed by atoms with Gasteiger partial charge in [-0.15, -0.1) is 5.43 Å². The highest BCUT2D eigenvalue weighted by Gasteiger charge is 2.00. The van der Waals surface area contributed by atoms with Gasteiger partial charge in [0.1, 0.15) is 4.95 Å². The fourth-order valence-corrected chi connectivity index (χ4v) is 0.551. The molecule has 0 aromatic carbocycles. The molecule has 6 heavy (non-hydrogen) atoms. The molecule has 1 rings (SSSR count). The van der Waals surface area contributed by atoms with E-state index in [-0.39, 0.29) is 4.95 Å². The van der Waals surface area contributed by atoms with Gasteiger partial charge < -0.3 is 5.43 Å². The summed E-state index contributed by atoms with van der Waals surface area (Å²) in [5, 5.41) is 0. The molecule has 0 bridgehead atoms. The summed E-state index contributed by atoms with van der Waals surface area (Å²) in [6.45, 7) is 0. The molecule has 0 amide bonds. The van der Waals surface area contributed by atoms with E-state index in [1.807, 2.05) is 6.08 Å². The molecule has 1 atom stereocenters. The molecule has 0 saturated heterocycles. The predicted octanol–water partition coefficient (Wildman–Crippen LogP) is 0.344. The van der Waals surface area contributed by atoms with Crippen LogP contribution in [0, 0.1) is 0 Å². The average Bonchev–Trinajstić information content (AvgIpc) is 1.86. The third kappa shape index (κ3) is 0.725. The van der Waals surface area contributed by atoms with E-state index in [4.69, 9.17) is 0 Å². The quantitative estimate of drug-likeness (QED) is 0.389. The van der Waals surface area contributed by atoms with Crippen LogP contribution in [0.1, 0.15) is 0 Å². The minimum atomic E-state index is 0.192. The summed E-state index contributed by atoms with van der Waals surface area (Å²) in [6.07, 6.45) is 3.71. The van der Waals surface area contributed by atoms with Crippen molar-refractivity contribution >= 4 is 15.9 Å². The predicted molar refractivity (Wildman–Crippen MR) is 27.1 cm³/mol. The molecule has 0 fully saturated rings. The number of nitrogens with zero attached hydrogens (tertiary/aromatic N) is 1. The Morgan fingerprint density at radius 1 is 1.83 bits per heavy atom. The SMILES string of the molecule is BrC1C=CN[N]1. The molecule has 0 aliphatic carbocycles. The minimum absolute atomic E-state index is 0.192. The monoisotopic (exact) mass is 147 g/mol. The Morgan fingerprint density at radius 2 is 2.67 bits per heavy atom. The first-order chi connectivity index (χ1) is 2.89. The summed E-state index contributed by atoms with van der Waals surface area (Å²) in [5.41, 5.74) is 6.46. The Bertz CT molecular complexity index is 71.2. The van der Waals surface area contributed by atoms with Gasteiger partial charge >= 0.3 is 0 Å². The highest BCUT2D eigenvalue weighted by Crippen LogP contribution is 1.99. The van der Waals surface area contributed by atoms with Gasteiger partial charge in [0.2, 0.25) is 0 Å². The van der Waals surface area contributed by atoms with Gasteiger partial charge in [-0.1, -0.05) is 15.9 Å². The molecule has 33 valence electrons. The summed E-state index contributed by atoms with van der Waals surface area (Å²) in [5.74, 6) is 0. The van der Waals surface area contributed by atoms with E-state index in [2.05, 4.69) is 26.8 Å². The zero-order chi connectivity index (χ0) is 4.41. The molecule has 0 saturated carbocycles. The maximum absolute atomic E-state index is 3.79. The van der Waals surface area contributed by atoms with Crippen LogP contribution in [-0.2, 0) is 0 Å². The van der Waals surface area contributed by atoms with E-state index in [1.54, 1.807) is 6.20 Å². The summed E-state index contributed by atoms with van der Waals surface area (Å²) in [7, 11) is 0. The van der Waals surface area contributed by atoms with Gasteiger partial charge in [0.05, 0.1) is 0 Å². The normalized spacial score (nSPS) is 30.5.